The maximum absolute atomic E-state index is 14.5. The van der Waals surface area contributed by atoms with Crippen LogP contribution in [0.5, 0.6) is 0 Å². The molecule has 2 aromatic rings. The Bertz CT molecular complexity index is 1030. The lowest BCUT2D eigenvalue weighted by molar-refractivity contribution is -0.173. The van der Waals surface area contributed by atoms with E-state index in [1.54, 1.807) is 0 Å². The van der Waals surface area contributed by atoms with Crippen LogP contribution in [0.15, 0.2) is 60.7 Å². The maximum Gasteiger partial charge on any atom is 0.320 e. The Hall–Kier alpha value is -3.35. The van der Waals surface area contributed by atoms with E-state index in [2.05, 4.69) is 0 Å². The lowest BCUT2D eigenvalue weighted by Gasteiger charge is -2.37. The van der Waals surface area contributed by atoms with E-state index in [4.69, 9.17) is 9.47 Å². The number of carbonyl (C=O) groups excluding carboxylic acids is 3. The van der Waals surface area contributed by atoms with Crippen molar-refractivity contribution in [3.8, 4) is 0 Å². The van der Waals surface area contributed by atoms with Gasteiger partial charge in [-0.2, -0.15) is 0 Å². The van der Waals surface area contributed by atoms with Crippen molar-refractivity contribution >= 4 is 18.0 Å². The zero-order chi connectivity index (χ0) is 26.6. The van der Waals surface area contributed by atoms with E-state index in [0.29, 0.717) is 37.8 Å². The quantitative estimate of drug-likeness (QED) is 0.429. The van der Waals surface area contributed by atoms with Gasteiger partial charge in [-0.15, -0.1) is 0 Å². The molecule has 3 fully saturated rings. The molecule has 4 atom stereocenters. The minimum atomic E-state index is -0.794. The van der Waals surface area contributed by atoms with E-state index in [1.807, 2.05) is 70.5 Å². The van der Waals surface area contributed by atoms with Crippen LogP contribution in [0, 0.1) is 11.8 Å². The first-order valence-electron chi connectivity index (χ1n) is 13.9. The molecule has 0 aromatic heterocycles. The molecular weight excluding hydrogens is 480 g/mol. The average molecular weight is 519 g/mol. The van der Waals surface area contributed by atoms with E-state index in [-0.39, 0.29) is 6.03 Å². The third-order valence-electron chi connectivity index (χ3n) is 7.86. The molecule has 7 heteroatoms. The summed E-state index contributed by atoms with van der Waals surface area (Å²) in [6.07, 6.45) is 3.77. The summed E-state index contributed by atoms with van der Waals surface area (Å²) in [7, 11) is 0. The summed E-state index contributed by atoms with van der Waals surface area (Å²) in [6.45, 7) is 3.99. The zero-order valence-electron chi connectivity index (χ0n) is 22.3. The van der Waals surface area contributed by atoms with Gasteiger partial charge in [-0.25, -0.2) is 4.79 Å². The molecule has 1 saturated heterocycles. The molecule has 0 bridgehead atoms. The minimum absolute atomic E-state index is 0.0440. The summed E-state index contributed by atoms with van der Waals surface area (Å²) in [5.41, 5.74) is 2.08. The van der Waals surface area contributed by atoms with Gasteiger partial charge in [-0.05, 0) is 61.5 Å². The second kappa shape index (κ2) is 11.6. The van der Waals surface area contributed by atoms with Crippen LogP contribution in [0.25, 0.3) is 0 Å². The molecule has 2 aromatic carbocycles. The Kier molecular flexibility index (Phi) is 8.01. The topological polar surface area (TPSA) is 76.1 Å². The van der Waals surface area contributed by atoms with E-state index >= 15 is 0 Å². The second-order valence-electron chi connectivity index (χ2n) is 11.1. The molecule has 2 aliphatic carbocycles. The molecule has 1 heterocycles. The standard InChI is InChI=1S/C31H38N2O5/c1-21(34)37-29-27(17-23-9-5-3-6-10-23)32(19-25-13-14-25)31(36)33(20-26-15-16-26)28(30(29)38-22(2)35)18-24-11-7-4-8-12-24/h3-12,25-30H,13-20H2,1-2H3/t27-,28-,29+,30+/m1/s1. The Balaban J connectivity index is 1.62. The molecule has 0 radical (unpaired) electrons. The SMILES string of the molecule is CC(=O)O[C@@H]1[C@@H](OC(C)=O)[C@@H](Cc2ccccc2)N(CC2CC2)C(=O)N(CC2CC2)[C@@H]1Cc1ccccc1. The molecule has 5 rings (SSSR count). The molecule has 7 nitrogen and oxygen atoms in total. The molecule has 38 heavy (non-hydrogen) atoms. The van der Waals surface area contributed by atoms with Gasteiger partial charge < -0.3 is 19.3 Å². The first-order valence-corrected chi connectivity index (χ1v) is 13.9. The number of urea groups is 1. The van der Waals surface area contributed by atoms with Crippen molar-refractivity contribution in [1.82, 2.24) is 9.80 Å². The highest BCUT2D eigenvalue weighted by Crippen LogP contribution is 2.38. The molecule has 2 saturated carbocycles. The third kappa shape index (κ3) is 6.55. The number of benzene rings is 2. The summed E-state index contributed by atoms with van der Waals surface area (Å²) in [5.74, 6) is -0.0112. The fourth-order valence-corrected chi connectivity index (χ4v) is 5.66. The molecule has 0 N–H and O–H groups in total. The van der Waals surface area contributed by atoms with Gasteiger partial charge in [-0.3, -0.25) is 9.59 Å². The summed E-state index contributed by atoms with van der Waals surface area (Å²) >= 11 is 0. The smallest absolute Gasteiger partial charge is 0.320 e. The van der Waals surface area contributed by atoms with Gasteiger partial charge in [0.05, 0.1) is 12.1 Å². The number of rotatable bonds is 10. The van der Waals surface area contributed by atoms with Gasteiger partial charge in [0.25, 0.3) is 0 Å². The number of hydrogen-bond acceptors (Lipinski definition) is 5. The van der Waals surface area contributed by atoms with E-state index in [0.717, 1.165) is 36.8 Å². The number of ether oxygens (including phenoxy) is 2. The second-order valence-corrected chi connectivity index (χ2v) is 11.1. The molecule has 3 aliphatic rings. The van der Waals surface area contributed by atoms with Crippen LogP contribution in [0.3, 0.4) is 0 Å². The average Bonchev–Trinajstić information content (AvgIpc) is 3.82. The number of carbonyl (C=O) groups is 3. The summed E-state index contributed by atoms with van der Waals surface area (Å²) in [5, 5.41) is 0. The van der Waals surface area contributed by atoms with Crippen molar-refractivity contribution in [2.75, 3.05) is 13.1 Å². The van der Waals surface area contributed by atoms with Gasteiger partial charge in [0, 0.05) is 26.9 Å². The van der Waals surface area contributed by atoms with Crippen LogP contribution >= 0.6 is 0 Å². The van der Waals surface area contributed by atoms with Crippen molar-refractivity contribution in [1.29, 1.82) is 0 Å². The lowest BCUT2D eigenvalue weighted by Crippen LogP contribution is -2.54. The maximum atomic E-state index is 14.5. The van der Waals surface area contributed by atoms with Crippen molar-refractivity contribution in [3.05, 3.63) is 71.8 Å². The van der Waals surface area contributed by atoms with Gasteiger partial charge >= 0.3 is 18.0 Å². The first-order chi connectivity index (χ1) is 18.4. The third-order valence-corrected chi connectivity index (χ3v) is 7.86. The number of hydrogen-bond donors (Lipinski definition) is 0. The first kappa shape index (κ1) is 26.3. The molecular formula is C31H38N2O5. The highest BCUT2D eigenvalue weighted by Gasteiger charge is 2.52. The van der Waals surface area contributed by atoms with Crippen LogP contribution in [0.1, 0.15) is 50.7 Å². The van der Waals surface area contributed by atoms with Crippen LogP contribution in [0.4, 0.5) is 4.79 Å². The lowest BCUT2D eigenvalue weighted by atomic mass is 9.90. The molecule has 0 unspecified atom stereocenters. The highest BCUT2D eigenvalue weighted by atomic mass is 16.6. The Morgan fingerprint density at radius 2 is 1.05 bits per heavy atom. The van der Waals surface area contributed by atoms with Gasteiger partial charge in [-0.1, -0.05) is 60.7 Å². The molecule has 202 valence electrons. The number of esters is 2. The predicted octanol–water partition coefficient (Wildman–Crippen LogP) is 4.63. The largest absolute Gasteiger partial charge is 0.456 e. The fourth-order valence-electron chi connectivity index (χ4n) is 5.66. The highest BCUT2D eigenvalue weighted by molar-refractivity contribution is 5.77. The van der Waals surface area contributed by atoms with Crippen molar-refractivity contribution < 1.29 is 23.9 Å². The zero-order valence-corrected chi connectivity index (χ0v) is 22.3. The van der Waals surface area contributed by atoms with Crippen LogP contribution < -0.4 is 0 Å². The van der Waals surface area contributed by atoms with Gasteiger partial charge in [0.2, 0.25) is 0 Å². The monoisotopic (exact) mass is 518 g/mol. The minimum Gasteiger partial charge on any atom is -0.456 e. The molecule has 1 aliphatic heterocycles. The Morgan fingerprint density at radius 3 is 1.37 bits per heavy atom. The summed E-state index contributed by atoms with van der Waals surface area (Å²) in [6, 6.07) is 19.0. The fraction of sp³-hybridized carbons (Fsp3) is 0.516. The Morgan fingerprint density at radius 1 is 0.684 bits per heavy atom. The Labute approximate surface area is 225 Å². The van der Waals surface area contributed by atoms with E-state index in [9.17, 15) is 14.4 Å². The molecule has 0 spiro atoms. The molecule has 2 amide bonds. The number of nitrogens with zero attached hydrogens (tertiary/aromatic N) is 2. The van der Waals surface area contributed by atoms with Crippen molar-refractivity contribution in [2.24, 2.45) is 11.8 Å². The summed E-state index contributed by atoms with van der Waals surface area (Å²) in [4.78, 5) is 43.4. The van der Waals surface area contributed by atoms with Crippen LogP contribution in [-0.2, 0) is 31.9 Å². The summed E-state index contributed by atoms with van der Waals surface area (Å²) < 4.78 is 12.1. The number of amides is 2. The van der Waals surface area contributed by atoms with Crippen molar-refractivity contribution in [3.63, 3.8) is 0 Å². The predicted molar refractivity (Wildman–Crippen MR) is 143 cm³/mol. The van der Waals surface area contributed by atoms with E-state index < -0.39 is 36.2 Å². The van der Waals surface area contributed by atoms with Crippen LogP contribution in [0.2, 0.25) is 0 Å². The van der Waals surface area contributed by atoms with Crippen molar-refractivity contribution in [2.45, 2.75) is 76.7 Å². The normalized spacial score (nSPS) is 25.6. The van der Waals surface area contributed by atoms with Gasteiger partial charge in [0.1, 0.15) is 0 Å². The van der Waals surface area contributed by atoms with E-state index in [1.165, 1.54) is 13.8 Å². The van der Waals surface area contributed by atoms with Crippen LogP contribution in [-0.4, -0.2) is 65.2 Å². The van der Waals surface area contributed by atoms with Gasteiger partial charge in [0.15, 0.2) is 12.2 Å².